The molecule has 2 aromatic heterocycles. The van der Waals surface area contributed by atoms with E-state index in [0.29, 0.717) is 16.3 Å². The third kappa shape index (κ3) is 3.33. The van der Waals surface area contributed by atoms with Gasteiger partial charge >= 0.3 is 0 Å². The summed E-state index contributed by atoms with van der Waals surface area (Å²) in [6.45, 7) is 1.77. The van der Waals surface area contributed by atoms with Crippen LogP contribution in [-0.4, -0.2) is 25.1 Å². The normalized spacial score (nSPS) is 11.5. The molecule has 2 heterocycles. The lowest BCUT2D eigenvalue weighted by atomic mass is 10.2. The van der Waals surface area contributed by atoms with Crippen molar-refractivity contribution in [2.45, 2.75) is 11.8 Å². The van der Waals surface area contributed by atoms with Crippen molar-refractivity contribution in [3.63, 3.8) is 0 Å². The number of anilines is 1. The lowest BCUT2D eigenvalue weighted by molar-refractivity contribution is 0.416. The van der Waals surface area contributed by atoms with E-state index < -0.39 is 10.0 Å². The molecule has 0 saturated carbocycles. The predicted molar refractivity (Wildman–Crippen MR) is 97.7 cm³/mol. The first-order chi connectivity index (χ1) is 11.4. The number of ether oxygens (including phenoxy) is 1. The third-order valence-corrected chi connectivity index (χ3v) is 6.54. The molecule has 1 aromatic carbocycles. The summed E-state index contributed by atoms with van der Waals surface area (Å²) in [6, 6.07) is 6.80. The van der Waals surface area contributed by atoms with E-state index in [1.807, 2.05) is 0 Å². The number of benzene rings is 1. The van der Waals surface area contributed by atoms with Crippen LogP contribution in [0, 0.1) is 6.92 Å². The summed E-state index contributed by atoms with van der Waals surface area (Å²) in [6.07, 6.45) is 5.12. The summed E-state index contributed by atoms with van der Waals surface area (Å²) in [4.78, 5) is 4.96. The van der Waals surface area contributed by atoms with Crippen LogP contribution in [0.25, 0.3) is 5.69 Å². The number of rotatable bonds is 5. The zero-order chi connectivity index (χ0) is 17.3. The summed E-state index contributed by atoms with van der Waals surface area (Å²) in [5.74, 6) is 0.428. The van der Waals surface area contributed by atoms with Crippen LogP contribution < -0.4 is 9.46 Å². The Morgan fingerprint density at radius 1 is 1.33 bits per heavy atom. The number of hydrogen-bond acceptors (Lipinski definition) is 5. The van der Waals surface area contributed by atoms with Crippen molar-refractivity contribution in [2.24, 2.45) is 0 Å². The molecular formula is C15H14BrN3O3S2. The van der Waals surface area contributed by atoms with Gasteiger partial charge < -0.3 is 9.30 Å². The van der Waals surface area contributed by atoms with Crippen LogP contribution >= 0.6 is 27.3 Å². The minimum atomic E-state index is -3.69. The lowest BCUT2D eigenvalue weighted by Gasteiger charge is -2.13. The predicted octanol–water partition coefficient (Wildman–Crippen LogP) is 3.81. The molecule has 126 valence electrons. The number of thiophene rings is 1. The molecule has 0 saturated heterocycles. The maximum atomic E-state index is 12.6. The molecule has 0 aliphatic rings. The Morgan fingerprint density at radius 2 is 2.12 bits per heavy atom. The Balaban J connectivity index is 1.96. The zero-order valence-corrected chi connectivity index (χ0v) is 16.1. The number of halogens is 1. The second kappa shape index (κ2) is 6.58. The molecule has 0 spiro atoms. The highest BCUT2D eigenvalue weighted by Crippen LogP contribution is 2.33. The highest BCUT2D eigenvalue weighted by Gasteiger charge is 2.21. The molecule has 0 radical (unpaired) electrons. The molecule has 0 amide bonds. The summed E-state index contributed by atoms with van der Waals surface area (Å²) in [7, 11) is -2.19. The summed E-state index contributed by atoms with van der Waals surface area (Å²) in [5.41, 5.74) is 1.20. The average Bonchev–Trinajstić information content (AvgIpc) is 3.17. The molecule has 0 bridgehead atoms. The fourth-order valence-corrected chi connectivity index (χ4v) is 5.72. The van der Waals surface area contributed by atoms with Gasteiger partial charge in [-0.1, -0.05) is 0 Å². The first kappa shape index (κ1) is 17.0. The molecule has 24 heavy (non-hydrogen) atoms. The van der Waals surface area contributed by atoms with Crippen LogP contribution in [-0.2, 0) is 10.0 Å². The van der Waals surface area contributed by atoms with E-state index in [2.05, 4.69) is 25.6 Å². The van der Waals surface area contributed by atoms with Crippen LogP contribution in [0.4, 0.5) is 5.69 Å². The average molecular weight is 428 g/mol. The highest BCUT2D eigenvalue weighted by atomic mass is 79.9. The van der Waals surface area contributed by atoms with Crippen molar-refractivity contribution in [2.75, 3.05) is 11.8 Å². The first-order valence-electron chi connectivity index (χ1n) is 6.86. The van der Waals surface area contributed by atoms with Crippen molar-refractivity contribution in [1.82, 2.24) is 9.55 Å². The van der Waals surface area contributed by atoms with Gasteiger partial charge in [-0.05, 0) is 41.1 Å². The number of aryl methyl sites for hydroxylation is 1. The Hall–Kier alpha value is -1.84. The zero-order valence-electron chi connectivity index (χ0n) is 12.9. The van der Waals surface area contributed by atoms with Gasteiger partial charge in [-0.3, -0.25) is 4.72 Å². The number of sulfonamides is 1. The van der Waals surface area contributed by atoms with Crippen molar-refractivity contribution >= 4 is 43.0 Å². The third-order valence-electron chi connectivity index (χ3n) is 3.36. The molecule has 0 aliphatic heterocycles. The van der Waals surface area contributed by atoms with Crippen molar-refractivity contribution in [1.29, 1.82) is 0 Å². The van der Waals surface area contributed by atoms with Gasteiger partial charge in [0.25, 0.3) is 10.0 Å². The van der Waals surface area contributed by atoms with Gasteiger partial charge in [0.1, 0.15) is 10.6 Å². The van der Waals surface area contributed by atoms with E-state index in [0.717, 1.165) is 9.47 Å². The maximum absolute atomic E-state index is 12.6. The number of aromatic nitrogens is 2. The van der Waals surface area contributed by atoms with Crippen LogP contribution in [0.2, 0.25) is 0 Å². The number of nitrogens with one attached hydrogen (secondary N) is 1. The number of hydrogen-bond donors (Lipinski definition) is 1. The number of imidazole rings is 1. The van der Waals surface area contributed by atoms with Crippen molar-refractivity contribution in [3.8, 4) is 11.4 Å². The minimum absolute atomic E-state index is 0.250. The molecule has 0 unspecified atom stereocenters. The second-order valence-corrected chi connectivity index (χ2v) is 9.22. The first-order valence-corrected chi connectivity index (χ1v) is 9.95. The van der Waals surface area contributed by atoms with E-state index in [1.165, 1.54) is 18.4 Å². The lowest BCUT2D eigenvalue weighted by Crippen LogP contribution is -2.14. The van der Waals surface area contributed by atoms with Crippen molar-refractivity contribution in [3.05, 3.63) is 51.7 Å². The molecule has 0 fully saturated rings. The van der Waals surface area contributed by atoms with E-state index in [1.54, 1.807) is 54.5 Å². The number of nitrogens with zero attached hydrogens (tertiary/aromatic N) is 2. The smallest absolute Gasteiger partial charge is 0.263 e. The molecule has 0 atom stereocenters. The largest absolute Gasteiger partial charge is 0.494 e. The van der Waals surface area contributed by atoms with Crippen LogP contribution in [0.3, 0.4) is 0 Å². The monoisotopic (exact) mass is 427 g/mol. The molecule has 6 nitrogen and oxygen atoms in total. The summed E-state index contributed by atoms with van der Waals surface area (Å²) < 4.78 is 35.7. The van der Waals surface area contributed by atoms with E-state index in [-0.39, 0.29) is 4.90 Å². The molecule has 0 aliphatic carbocycles. The summed E-state index contributed by atoms with van der Waals surface area (Å²) >= 11 is 4.69. The summed E-state index contributed by atoms with van der Waals surface area (Å²) in [5, 5.41) is 0. The van der Waals surface area contributed by atoms with E-state index in [4.69, 9.17) is 4.74 Å². The fourth-order valence-electron chi connectivity index (χ4n) is 2.23. The van der Waals surface area contributed by atoms with Crippen molar-refractivity contribution < 1.29 is 13.2 Å². The van der Waals surface area contributed by atoms with Gasteiger partial charge in [-0.15, -0.1) is 11.3 Å². The van der Waals surface area contributed by atoms with Gasteiger partial charge in [0.15, 0.2) is 0 Å². The fraction of sp³-hybridized carbons (Fsp3) is 0.133. The Labute approximate surface area is 152 Å². The Bertz CT molecular complexity index is 966. The molecule has 3 rings (SSSR count). The minimum Gasteiger partial charge on any atom is -0.494 e. The standard InChI is InChI=1S/C15H14BrN3O3S2/c1-10-14(8-15(16)23-10)24(20,21)18-12-4-3-11(7-13(12)22-2)19-6-5-17-9-19/h3-9,18H,1-2H3. The number of methoxy groups -OCH3 is 1. The van der Waals surface area contributed by atoms with Crippen LogP contribution in [0.1, 0.15) is 4.88 Å². The molecule has 9 heteroatoms. The molecule has 1 N–H and O–H groups in total. The van der Waals surface area contributed by atoms with E-state index in [9.17, 15) is 8.42 Å². The SMILES string of the molecule is COc1cc(-n2ccnc2)ccc1NS(=O)(=O)c1cc(Br)sc1C. The molecule has 3 aromatic rings. The van der Waals surface area contributed by atoms with Crippen LogP contribution in [0.5, 0.6) is 5.75 Å². The van der Waals surface area contributed by atoms with Gasteiger partial charge in [0.2, 0.25) is 0 Å². The Kier molecular flexibility index (Phi) is 4.66. The van der Waals surface area contributed by atoms with Gasteiger partial charge in [-0.25, -0.2) is 13.4 Å². The molecular weight excluding hydrogens is 414 g/mol. The topological polar surface area (TPSA) is 73.2 Å². The van der Waals surface area contributed by atoms with E-state index >= 15 is 0 Å². The van der Waals surface area contributed by atoms with Gasteiger partial charge in [0, 0.05) is 23.3 Å². The maximum Gasteiger partial charge on any atom is 0.263 e. The van der Waals surface area contributed by atoms with Gasteiger partial charge in [-0.2, -0.15) is 0 Å². The Morgan fingerprint density at radius 3 is 2.71 bits per heavy atom. The second-order valence-electron chi connectivity index (χ2n) is 4.93. The van der Waals surface area contributed by atoms with Crippen LogP contribution in [0.15, 0.2) is 51.7 Å². The quantitative estimate of drug-likeness (QED) is 0.671. The van der Waals surface area contributed by atoms with Gasteiger partial charge in [0.05, 0.1) is 28.6 Å². The highest BCUT2D eigenvalue weighted by molar-refractivity contribution is 9.11.